The van der Waals surface area contributed by atoms with Crippen LogP contribution in [-0.2, 0) is 14.2 Å². The minimum Gasteiger partial charge on any atom is -0.394 e. The molecule has 0 aromatic heterocycles. The molecule has 0 bridgehead atoms. The monoisotopic (exact) mass is 276 g/mol. The number of methoxy groups -OCH3 is 1. The molecule has 0 radical (unpaired) electrons. The molecular formula is C14H28O5. The Kier molecular flexibility index (Phi) is 7.25. The van der Waals surface area contributed by atoms with Crippen LogP contribution in [0.25, 0.3) is 0 Å². The summed E-state index contributed by atoms with van der Waals surface area (Å²) in [5, 5.41) is 19.9. The van der Waals surface area contributed by atoms with Gasteiger partial charge in [-0.15, -0.1) is 0 Å². The highest BCUT2D eigenvalue weighted by Gasteiger charge is 2.45. The molecule has 6 unspecified atom stereocenters. The van der Waals surface area contributed by atoms with E-state index in [9.17, 15) is 10.2 Å². The molecule has 19 heavy (non-hydrogen) atoms. The Morgan fingerprint density at radius 1 is 1.21 bits per heavy atom. The van der Waals surface area contributed by atoms with Gasteiger partial charge < -0.3 is 24.4 Å². The summed E-state index contributed by atoms with van der Waals surface area (Å²) in [7, 11) is 1.57. The highest BCUT2D eigenvalue weighted by Crippen LogP contribution is 2.28. The molecule has 1 aliphatic rings. The van der Waals surface area contributed by atoms with E-state index in [0.717, 1.165) is 19.3 Å². The molecule has 0 aromatic carbocycles. The van der Waals surface area contributed by atoms with Crippen molar-refractivity contribution < 1.29 is 24.4 Å². The van der Waals surface area contributed by atoms with Gasteiger partial charge in [0, 0.05) is 7.11 Å². The molecule has 0 saturated carbocycles. The van der Waals surface area contributed by atoms with Crippen LogP contribution in [0.15, 0.2) is 0 Å². The molecule has 1 fully saturated rings. The number of hydrogen-bond donors (Lipinski definition) is 2. The summed E-state index contributed by atoms with van der Waals surface area (Å²) in [6.07, 6.45) is 0.172. The Balaban J connectivity index is 2.79. The Hall–Kier alpha value is -0.200. The van der Waals surface area contributed by atoms with E-state index in [1.807, 2.05) is 13.8 Å². The molecule has 1 rings (SSSR count). The fraction of sp³-hybridized carbons (Fsp3) is 1.00. The van der Waals surface area contributed by atoms with Gasteiger partial charge in [-0.05, 0) is 19.8 Å². The third-order valence-corrected chi connectivity index (χ3v) is 3.75. The zero-order valence-corrected chi connectivity index (χ0v) is 12.4. The predicted molar refractivity (Wildman–Crippen MR) is 72.1 cm³/mol. The molecule has 0 spiro atoms. The minimum absolute atomic E-state index is 0.0116. The van der Waals surface area contributed by atoms with Crippen molar-refractivity contribution in [1.29, 1.82) is 0 Å². The van der Waals surface area contributed by atoms with E-state index >= 15 is 0 Å². The van der Waals surface area contributed by atoms with Crippen LogP contribution >= 0.6 is 0 Å². The first-order valence-corrected chi connectivity index (χ1v) is 7.21. The lowest BCUT2D eigenvalue weighted by Crippen LogP contribution is -2.60. The summed E-state index contributed by atoms with van der Waals surface area (Å²) in [6, 6.07) is 0. The van der Waals surface area contributed by atoms with Gasteiger partial charge in [-0.3, -0.25) is 0 Å². The molecule has 6 atom stereocenters. The molecule has 2 N–H and O–H groups in total. The lowest BCUT2D eigenvalue weighted by atomic mass is 9.92. The molecule has 0 aliphatic carbocycles. The smallest absolute Gasteiger partial charge is 0.115 e. The number of aliphatic hydroxyl groups excluding tert-OH is 2. The van der Waals surface area contributed by atoms with Gasteiger partial charge in [0.15, 0.2) is 0 Å². The predicted octanol–water partition coefficient (Wildman–Crippen LogP) is 1.11. The average Bonchev–Trinajstić information content (AvgIpc) is 2.41. The number of aliphatic hydroxyl groups is 2. The summed E-state index contributed by atoms with van der Waals surface area (Å²) in [5.41, 5.74) is 0. The zero-order chi connectivity index (χ0) is 14.4. The van der Waals surface area contributed by atoms with Gasteiger partial charge in [0.05, 0.1) is 18.8 Å². The molecule has 1 aliphatic heterocycles. The SMILES string of the molecule is CCCC1OC(CO)C(OC(C)CC)C(O)C1OC. The van der Waals surface area contributed by atoms with Crippen molar-refractivity contribution in [2.45, 2.75) is 76.7 Å². The maximum Gasteiger partial charge on any atom is 0.115 e. The molecular weight excluding hydrogens is 248 g/mol. The van der Waals surface area contributed by atoms with Crippen LogP contribution in [0.5, 0.6) is 0 Å². The summed E-state index contributed by atoms with van der Waals surface area (Å²) >= 11 is 0. The van der Waals surface area contributed by atoms with Crippen LogP contribution in [0, 0.1) is 0 Å². The molecule has 0 amide bonds. The van der Waals surface area contributed by atoms with Gasteiger partial charge >= 0.3 is 0 Å². The van der Waals surface area contributed by atoms with E-state index < -0.39 is 24.4 Å². The highest BCUT2D eigenvalue weighted by atomic mass is 16.6. The molecule has 114 valence electrons. The largest absolute Gasteiger partial charge is 0.394 e. The normalized spacial score (nSPS) is 37.3. The second kappa shape index (κ2) is 8.17. The lowest BCUT2D eigenvalue weighted by molar-refractivity contribution is -0.256. The van der Waals surface area contributed by atoms with Crippen molar-refractivity contribution >= 4 is 0 Å². The Labute approximate surface area is 115 Å². The van der Waals surface area contributed by atoms with E-state index in [2.05, 4.69) is 6.92 Å². The summed E-state index contributed by atoms with van der Waals surface area (Å²) in [4.78, 5) is 0. The molecule has 5 heteroatoms. The van der Waals surface area contributed by atoms with E-state index in [-0.39, 0.29) is 18.8 Å². The van der Waals surface area contributed by atoms with Crippen molar-refractivity contribution in [3.8, 4) is 0 Å². The number of ether oxygens (including phenoxy) is 3. The van der Waals surface area contributed by atoms with E-state index in [4.69, 9.17) is 14.2 Å². The number of rotatable bonds is 7. The third kappa shape index (κ3) is 4.13. The van der Waals surface area contributed by atoms with Gasteiger partial charge in [-0.25, -0.2) is 0 Å². The molecule has 1 heterocycles. The van der Waals surface area contributed by atoms with Crippen LogP contribution in [0.2, 0.25) is 0 Å². The van der Waals surface area contributed by atoms with Crippen LogP contribution in [0.3, 0.4) is 0 Å². The maximum atomic E-state index is 10.4. The zero-order valence-electron chi connectivity index (χ0n) is 12.4. The highest BCUT2D eigenvalue weighted by molar-refractivity contribution is 4.94. The van der Waals surface area contributed by atoms with Crippen LogP contribution in [0.4, 0.5) is 0 Å². The van der Waals surface area contributed by atoms with Gasteiger partial charge in [0.2, 0.25) is 0 Å². The van der Waals surface area contributed by atoms with Crippen LogP contribution in [-0.4, -0.2) is 60.6 Å². The Bertz CT molecular complexity index is 248. The Morgan fingerprint density at radius 3 is 2.37 bits per heavy atom. The summed E-state index contributed by atoms with van der Waals surface area (Å²) < 4.78 is 17.0. The fourth-order valence-corrected chi connectivity index (χ4v) is 2.49. The first-order chi connectivity index (χ1) is 9.08. The average molecular weight is 276 g/mol. The fourth-order valence-electron chi connectivity index (χ4n) is 2.49. The van der Waals surface area contributed by atoms with E-state index in [1.54, 1.807) is 7.11 Å². The van der Waals surface area contributed by atoms with Crippen LogP contribution < -0.4 is 0 Å². The quantitative estimate of drug-likeness (QED) is 0.729. The standard InChI is InChI=1S/C14H28O5/c1-5-7-10-13(17-4)12(16)14(11(8-15)19-10)18-9(3)6-2/h9-16H,5-8H2,1-4H3. The maximum absolute atomic E-state index is 10.4. The summed E-state index contributed by atoms with van der Waals surface area (Å²) in [6.45, 7) is 5.86. The first-order valence-electron chi connectivity index (χ1n) is 7.21. The molecule has 1 saturated heterocycles. The van der Waals surface area contributed by atoms with E-state index in [0.29, 0.717) is 0 Å². The van der Waals surface area contributed by atoms with Gasteiger partial charge in [-0.1, -0.05) is 20.3 Å². The van der Waals surface area contributed by atoms with Gasteiger partial charge in [0.1, 0.15) is 24.4 Å². The van der Waals surface area contributed by atoms with Crippen molar-refractivity contribution in [2.24, 2.45) is 0 Å². The van der Waals surface area contributed by atoms with Gasteiger partial charge in [0.25, 0.3) is 0 Å². The topological polar surface area (TPSA) is 68.2 Å². The lowest BCUT2D eigenvalue weighted by Gasteiger charge is -2.44. The minimum atomic E-state index is -0.776. The number of hydrogen-bond acceptors (Lipinski definition) is 5. The second-order valence-corrected chi connectivity index (χ2v) is 5.19. The van der Waals surface area contributed by atoms with Crippen molar-refractivity contribution in [1.82, 2.24) is 0 Å². The van der Waals surface area contributed by atoms with E-state index in [1.165, 1.54) is 0 Å². The van der Waals surface area contributed by atoms with Gasteiger partial charge in [-0.2, -0.15) is 0 Å². The van der Waals surface area contributed by atoms with Crippen LogP contribution in [0.1, 0.15) is 40.0 Å². The second-order valence-electron chi connectivity index (χ2n) is 5.19. The van der Waals surface area contributed by atoms with Crippen molar-refractivity contribution in [3.63, 3.8) is 0 Å². The van der Waals surface area contributed by atoms with Crippen molar-refractivity contribution in [3.05, 3.63) is 0 Å². The first kappa shape index (κ1) is 16.9. The third-order valence-electron chi connectivity index (χ3n) is 3.75. The molecule has 5 nitrogen and oxygen atoms in total. The molecule has 0 aromatic rings. The Morgan fingerprint density at radius 2 is 1.89 bits per heavy atom. The summed E-state index contributed by atoms with van der Waals surface area (Å²) in [5.74, 6) is 0. The van der Waals surface area contributed by atoms with Crippen molar-refractivity contribution in [2.75, 3.05) is 13.7 Å².